The van der Waals surface area contributed by atoms with Crippen LogP contribution in [0, 0.1) is 0 Å². The van der Waals surface area contributed by atoms with Crippen molar-refractivity contribution in [3.63, 3.8) is 0 Å². The van der Waals surface area contributed by atoms with Crippen molar-refractivity contribution in [3.8, 4) is 22.6 Å². The number of hydrogen-bond acceptors (Lipinski definition) is 3. The van der Waals surface area contributed by atoms with E-state index >= 15 is 0 Å². The van der Waals surface area contributed by atoms with Gasteiger partial charge in [0.25, 0.3) is 0 Å². The molecule has 3 heteroatoms. The number of benzene rings is 2. The quantitative estimate of drug-likeness (QED) is 0.772. The van der Waals surface area contributed by atoms with Gasteiger partial charge in [-0.1, -0.05) is 48.5 Å². The van der Waals surface area contributed by atoms with E-state index in [0.29, 0.717) is 11.6 Å². The van der Waals surface area contributed by atoms with Gasteiger partial charge in [-0.05, 0) is 17.7 Å². The highest BCUT2D eigenvalue weighted by atomic mass is 16.5. The molecule has 0 radical (unpaired) electrons. The molecule has 1 aromatic heterocycles. The largest absolute Gasteiger partial charge is 0.457 e. The van der Waals surface area contributed by atoms with Gasteiger partial charge in [0.05, 0.1) is 0 Å². The molecule has 2 aromatic carbocycles. The first kappa shape index (κ1) is 12.2. The summed E-state index contributed by atoms with van der Waals surface area (Å²) < 4.78 is 5.92. The van der Waals surface area contributed by atoms with Gasteiger partial charge >= 0.3 is 0 Å². The molecular formula is C17H14N2O. The highest BCUT2D eigenvalue weighted by Crippen LogP contribution is 2.33. The van der Waals surface area contributed by atoms with Crippen LogP contribution in [-0.4, -0.2) is 4.98 Å². The number of nitrogen functional groups attached to an aromatic ring is 1. The van der Waals surface area contributed by atoms with Gasteiger partial charge in [0.15, 0.2) is 0 Å². The Balaban J connectivity index is 1.99. The Hall–Kier alpha value is -2.81. The lowest BCUT2D eigenvalue weighted by Crippen LogP contribution is -1.92. The number of anilines is 1. The van der Waals surface area contributed by atoms with E-state index in [1.165, 1.54) is 0 Å². The SMILES string of the molecule is Nc1cc(Oc2ccccc2-c2ccccc2)ccn1. The van der Waals surface area contributed by atoms with E-state index in [9.17, 15) is 0 Å². The van der Waals surface area contributed by atoms with Crippen molar-refractivity contribution in [3.05, 3.63) is 72.9 Å². The first-order valence-electron chi connectivity index (χ1n) is 6.37. The standard InChI is InChI=1S/C17H14N2O/c18-17-12-14(10-11-19-17)20-16-9-5-4-8-15(16)13-6-2-1-3-7-13/h1-12H,(H2,18,19). The average molecular weight is 262 g/mol. The molecule has 0 fully saturated rings. The molecule has 3 nitrogen and oxygen atoms in total. The van der Waals surface area contributed by atoms with E-state index in [0.717, 1.165) is 16.9 Å². The van der Waals surface area contributed by atoms with Crippen LogP contribution in [0.5, 0.6) is 11.5 Å². The number of nitrogens with two attached hydrogens (primary N) is 1. The van der Waals surface area contributed by atoms with Gasteiger partial charge in [-0.3, -0.25) is 0 Å². The molecule has 0 aliphatic carbocycles. The number of ether oxygens (including phenoxy) is 1. The van der Waals surface area contributed by atoms with Gasteiger partial charge in [-0.2, -0.15) is 0 Å². The molecule has 98 valence electrons. The first-order chi connectivity index (χ1) is 9.83. The normalized spacial score (nSPS) is 10.2. The van der Waals surface area contributed by atoms with E-state index in [1.807, 2.05) is 42.5 Å². The van der Waals surface area contributed by atoms with Gasteiger partial charge in [0.2, 0.25) is 0 Å². The Morgan fingerprint density at radius 1 is 0.850 bits per heavy atom. The Labute approximate surface area is 117 Å². The fourth-order valence-corrected chi connectivity index (χ4v) is 2.03. The number of hydrogen-bond donors (Lipinski definition) is 1. The molecule has 0 aliphatic heterocycles. The Bertz CT molecular complexity index is 711. The van der Waals surface area contributed by atoms with Gasteiger partial charge in [-0.25, -0.2) is 4.98 Å². The minimum absolute atomic E-state index is 0.444. The maximum Gasteiger partial charge on any atom is 0.135 e. The monoisotopic (exact) mass is 262 g/mol. The summed E-state index contributed by atoms with van der Waals surface area (Å²) in [6.45, 7) is 0. The molecule has 0 saturated heterocycles. The Morgan fingerprint density at radius 2 is 1.60 bits per heavy atom. The van der Waals surface area contributed by atoms with E-state index < -0.39 is 0 Å². The predicted molar refractivity (Wildman–Crippen MR) is 80.6 cm³/mol. The van der Waals surface area contributed by atoms with Crippen molar-refractivity contribution >= 4 is 5.82 Å². The topological polar surface area (TPSA) is 48.1 Å². The fourth-order valence-electron chi connectivity index (χ4n) is 2.03. The molecular weight excluding hydrogens is 248 g/mol. The average Bonchev–Trinajstić information content (AvgIpc) is 2.49. The summed E-state index contributed by atoms with van der Waals surface area (Å²) >= 11 is 0. The molecule has 0 saturated carbocycles. The lowest BCUT2D eigenvalue weighted by atomic mass is 10.1. The second-order valence-corrected chi connectivity index (χ2v) is 4.38. The zero-order chi connectivity index (χ0) is 13.8. The van der Waals surface area contributed by atoms with Crippen LogP contribution in [0.2, 0.25) is 0 Å². The Morgan fingerprint density at radius 3 is 2.40 bits per heavy atom. The zero-order valence-electron chi connectivity index (χ0n) is 10.9. The molecule has 0 unspecified atom stereocenters. The molecule has 0 aliphatic rings. The smallest absolute Gasteiger partial charge is 0.135 e. The van der Waals surface area contributed by atoms with E-state index in [1.54, 1.807) is 18.3 Å². The second kappa shape index (κ2) is 5.45. The Kier molecular flexibility index (Phi) is 3.33. The van der Waals surface area contributed by atoms with Crippen LogP contribution >= 0.6 is 0 Å². The molecule has 0 spiro atoms. The van der Waals surface area contributed by atoms with Crippen molar-refractivity contribution in [2.45, 2.75) is 0 Å². The molecule has 1 heterocycles. The van der Waals surface area contributed by atoms with Crippen molar-refractivity contribution < 1.29 is 4.74 Å². The fraction of sp³-hybridized carbons (Fsp3) is 0. The predicted octanol–water partition coefficient (Wildman–Crippen LogP) is 4.12. The third-order valence-corrected chi connectivity index (χ3v) is 2.95. The molecule has 3 rings (SSSR count). The summed E-state index contributed by atoms with van der Waals surface area (Å²) in [6, 6.07) is 21.6. The summed E-state index contributed by atoms with van der Waals surface area (Å²) in [5.41, 5.74) is 7.83. The summed E-state index contributed by atoms with van der Waals surface area (Å²) in [4.78, 5) is 3.96. The zero-order valence-corrected chi connectivity index (χ0v) is 10.9. The minimum atomic E-state index is 0.444. The second-order valence-electron chi connectivity index (χ2n) is 4.38. The number of rotatable bonds is 3. The highest BCUT2D eigenvalue weighted by molar-refractivity contribution is 5.70. The van der Waals surface area contributed by atoms with E-state index in [4.69, 9.17) is 10.5 Å². The summed E-state index contributed by atoms with van der Waals surface area (Å²) in [6.07, 6.45) is 1.63. The first-order valence-corrected chi connectivity index (χ1v) is 6.37. The summed E-state index contributed by atoms with van der Waals surface area (Å²) in [7, 11) is 0. The van der Waals surface area contributed by atoms with Gasteiger partial charge in [-0.15, -0.1) is 0 Å². The number of pyridine rings is 1. The maximum absolute atomic E-state index is 5.92. The van der Waals surface area contributed by atoms with E-state index in [-0.39, 0.29) is 0 Å². The molecule has 20 heavy (non-hydrogen) atoms. The summed E-state index contributed by atoms with van der Waals surface area (Å²) in [5.74, 6) is 1.92. The number of aromatic nitrogens is 1. The molecule has 0 amide bonds. The lowest BCUT2D eigenvalue weighted by Gasteiger charge is -2.11. The van der Waals surface area contributed by atoms with Crippen molar-refractivity contribution in [1.29, 1.82) is 0 Å². The number of nitrogens with zero attached hydrogens (tertiary/aromatic N) is 1. The van der Waals surface area contributed by atoms with Crippen LogP contribution in [-0.2, 0) is 0 Å². The van der Waals surface area contributed by atoms with Crippen LogP contribution in [0.4, 0.5) is 5.82 Å². The van der Waals surface area contributed by atoms with Crippen molar-refractivity contribution in [1.82, 2.24) is 4.98 Å². The summed E-state index contributed by atoms with van der Waals surface area (Å²) in [5, 5.41) is 0. The maximum atomic E-state index is 5.92. The molecule has 3 aromatic rings. The molecule has 0 atom stereocenters. The van der Waals surface area contributed by atoms with Crippen LogP contribution < -0.4 is 10.5 Å². The van der Waals surface area contributed by atoms with Gasteiger partial charge in [0, 0.05) is 17.8 Å². The molecule has 2 N–H and O–H groups in total. The minimum Gasteiger partial charge on any atom is -0.457 e. The van der Waals surface area contributed by atoms with Crippen LogP contribution in [0.15, 0.2) is 72.9 Å². The number of para-hydroxylation sites is 1. The third kappa shape index (κ3) is 2.62. The van der Waals surface area contributed by atoms with Gasteiger partial charge < -0.3 is 10.5 Å². The van der Waals surface area contributed by atoms with Crippen molar-refractivity contribution in [2.24, 2.45) is 0 Å². The third-order valence-electron chi connectivity index (χ3n) is 2.95. The molecule has 0 bridgehead atoms. The van der Waals surface area contributed by atoms with Crippen molar-refractivity contribution in [2.75, 3.05) is 5.73 Å². The van der Waals surface area contributed by atoms with Gasteiger partial charge in [0.1, 0.15) is 17.3 Å². The highest BCUT2D eigenvalue weighted by Gasteiger charge is 2.06. The van der Waals surface area contributed by atoms with E-state index in [2.05, 4.69) is 17.1 Å². The van der Waals surface area contributed by atoms with Crippen LogP contribution in [0.3, 0.4) is 0 Å². The van der Waals surface area contributed by atoms with Crippen LogP contribution in [0.25, 0.3) is 11.1 Å². The lowest BCUT2D eigenvalue weighted by molar-refractivity contribution is 0.484. The van der Waals surface area contributed by atoms with Crippen LogP contribution in [0.1, 0.15) is 0 Å².